The van der Waals surface area contributed by atoms with Crippen molar-refractivity contribution >= 4 is 39.5 Å². The first-order valence-electron chi connectivity index (χ1n) is 42.3. The summed E-state index contributed by atoms with van der Waals surface area (Å²) in [5.41, 5.74) is 0. The summed E-state index contributed by atoms with van der Waals surface area (Å²) in [7, 11) is -9.91. The first-order valence-corrected chi connectivity index (χ1v) is 45.3. The molecular weight excluding hydrogens is 1310 g/mol. The Morgan fingerprint density at radius 3 is 0.590 bits per heavy atom. The molecule has 0 amide bonds. The number of hydrogen-bond donors (Lipinski definition) is 3. The van der Waals surface area contributed by atoms with Crippen LogP contribution in [0.2, 0.25) is 0 Å². The molecule has 5 atom stereocenters. The van der Waals surface area contributed by atoms with E-state index in [1.165, 1.54) is 270 Å². The molecule has 0 saturated heterocycles. The van der Waals surface area contributed by atoms with Gasteiger partial charge in [0.15, 0.2) is 12.2 Å². The lowest BCUT2D eigenvalue weighted by atomic mass is 10.0. The number of hydrogen-bond acceptors (Lipinski definition) is 15. The van der Waals surface area contributed by atoms with Gasteiger partial charge in [0.05, 0.1) is 26.4 Å². The van der Waals surface area contributed by atoms with Crippen molar-refractivity contribution in [3.8, 4) is 0 Å². The second-order valence-electron chi connectivity index (χ2n) is 29.2. The van der Waals surface area contributed by atoms with Gasteiger partial charge in [-0.25, -0.2) is 9.13 Å². The van der Waals surface area contributed by atoms with Crippen LogP contribution in [0.15, 0.2) is 0 Å². The Kier molecular flexibility index (Phi) is 73.8. The van der Waals surface area contributed by atoms with Crippen LogP contribution in [0, 0.1) is 0 Å². The number of carbonyl (C=O) groups is 4. The van der Waals surface area contributed by atoms with Crippen molar-refractivity contribution in [1.82, 2.24) is 0 Å². The fourth-order valence-electron chi connectivity index (χ4n) is 12.6. The van der Waals surface area contributed by atoms with Gasteiger partial charge < -0.3 is 33.8 Å². The van der Waals surface area contributed by atoms with E-state index in [-0.39, 0.29) is 25.7 Å². The smallest absolute Gasteiger partial charge is 0.462 e. The molecule has 0 aliphatic heterocycles. The lowest BCUT2D eigenvalue weighted by Crippen LogP contribution is -2.30. The van der Waals surface area contributed by atoms with Gasteiger partial charge in [-0.2, -0.15) is 0 Å². The van der Waals surface area contributed by atoms with E-state index in [0.29, 0.717) is 25.7 Å². The zero-order valence-corrected chi connectivity index (χ0v) is 67.0. The van der Waals surface area contributed by atoms with Gasteiger partial charge in [0, 0.05) is 25.7 Å². The zero-order valence-electron chi connectivity index (χ0n) is 65.2. The van der Waals surface area contributed by atoms with E-state index in [0.717, 1.165) is 89.9 Å². The molecule has 0 aromatic carbocycles. The first-order chi connectivity index (χ1) is 48.7. The quantitative estimate of drug-likeness (QED) is 0.0222. The summed E-state index contributed by atoms with van der Waals surface area (Å²) in [6.07, 6.45) is 68.3. The normalized spacial score (nSPS) is 13.8. The van der Waals surface area contributed by atoms with Crippen molar-refractivity contribution in [2.75, 3.05) is 39.6 Å². The summed E-state index contributed by atoms with van der Waals surface area (Å²) in [5.74, 6) is -2.11. The van der Waals surface area contributed by atoms with Crippen LogP contribution in [0.1, 0.15) is 439 Å². The van der Waals surface area contributed by atoms with Crippen LogP contribution in [0.3, 0.4) is 0 Å². The molecule has 0 radical (unpaired) electrons. The van der Waals surface area contributed by atoms with Gasteiger partial charge >= 0.3 is 39.5 Å². The minimum absolute atomic E-state index is 0.106. The van der Waals surface area contributed by atoms with E-state index < -0.39 is 97.5 Å². The molecule has 2 unspecified atom stereocenters. The molecule has 594 valence electrons. The van der Waals surface area contributed by atoms with Crippen LogP contribution in [-0.4, -0.2) is 96.7 Å². The Morgan fingerprint density at radius 1 is 0.240 bits per heavy atom. The molecule has 0 saturated carbocycles. The fourth-order valence-corrected chi connectivity index (χ4v) is 14.2. The Labute approximate surface area is 613 Å². The Balaban J connectivity index is 5.14. The SMILES string of the molecule is CCCCCCCCCCCCCCCCCCCCCCCC(=O)OC[C@H](COP(=O)(O)OC[C@@H](O)COP(=O)(O)OC[C@@H](COC(=O)CCCCCCCCCCC)OC(=O)CCCCCCCCCCC)OC(=O)CCCCCCCCCCCCCCCCCCCCCCC. The number of unbranched alkanes of at least 4 members (excludes halogenated alkanes) is 56. The molecule has 0 fully saturated rings. The molecule has 0 aliphatic rings. The molecule has 0 heterocycles. The third kappa shape index (κ3) is 74.3. The van der Waals surface area contributed by atoms with E-state index >= 15 is 0 Å². The summed E-state index contributed by atoms with van der Waals surface area (Å²) < 4.78 is 68.5. The van der Waals surface area contributed by atoms with Crippen molar-refractivity contribution in [3.63, 3.8) is 0 Å². The second kappa shape index (κ2) is 75.3. The molecule has 0 aromatic rings. The maximum Gasteiger partial charge on any atom is 0.472 e. The van der Waals surface area contributed by atoms with Crippen LogP contribution in [0.25, 0.3) is 0 Å². The third-order valence-electron chi connectivity index (χ3n) is 19.1. The van der Waals surface area contributed by atoms with Crippen LogP contribution in [0.5, 0.6) is 0 Å². The van der Waals surface area contributed by atoms with E-state index in [4.69, 9.17) is 37.0 Å². The van der Waals surface area contributed by atoms with Crippen LogP contribution < -0.4 is 0 Å². The van der Waals surface area contributed by atoms with Crippen LogP contribution in [-0.2, 0) is 65.4 Å². The average molecular weight is 1470 g/mol. The van der Waals surface area contributed by atoms with E-state index in [2.05, 4.69) is 27.7 Å². The maximum atomic E-state index is 13.1. The average Bonchev–Trinajstić information content (AvgIpc) is 0.934. The molecule has 0 aromatic heterocycles. The Hall–Kier alpha value is -1.94. The molecule has 100 heavy (non-hydrogen) atoms. The van der Waals surface area contributed by atoms with Gasteiger partial charge in [0.1, 0.15) is 19.3 Å². The van der Waals surface area contributed by atoms with Crippen molar-refractivity contribution < 1.29 is 80.2 Å². The number of carbonyl (C=O) groups excluding carboxylic acids is 4. The number of ether oxygens (including phenoxy) is 4. The summed E-state index contributed by atoms with van der Waals surface area (Å²) >= 11 is 0. The fraction of sp³-hybridized carbons (Fsp3) is 0.951. The van der Waals surface area contributed by atoms with Crippen LogP contribution in [0.4, 0.5) is 0 Å². The second-order valence-corrected chi connectivity index (χ2v) is 32.1. The number of phosphoric ester groups is 2. The minimum atomic E-state index is -4.96. The lowest BCUT2D eigenvalue weighted by Gasteiger charge is -2.21. The van der Waals surface area contributed by atoms with E-state index in [1.807, 2.05) is 0 Å². The molecule has 17 nitrogen and oxygen atoms in total. The highest BCUT2D eigenvalue weighted by molar-refractivity contribution is 7.47. The topological polar surface area (TPSA) is 237 Å². The van der Waals surface area contributed by atoms with E-state index in [1.54, 1.807) is 0 Å². The number of phosphoric acid groups is 2. The molecular formula is C81H158O17P2. The van der Waals surface area contributed by atoms with Gasteiger partial charge in [-0.3, -0.25) is 37.3 Å². The van der Waals surface area contributed by atoms with Crippen LogP contribution >= 0.6 is 15.6 Å². The highest BCUT2D eigenvalue weighted by Gasteiger charge is 2.30. The monoisotopic (exact) mass is 1470 g/mol. The number of rotatable bonds is 82. The molecule has 0 rings (SSSR count). The highest BCUT2D eigenvalue weighted by Crippen LogP contribution is 2.45. The summed E-state index contributed by atoms with van der Waals surface area (Å²) in [4.78, 5) is 72.8. The van der Waals surface area contributed by atoms with Gasteiger partial charge in [-0.1, -0.05) is 387 Å². The summed E-state index contributed by atoms with van der Waals surface area (Å²) in [6.45, 7) is 4.98. The molecule has 3 N–H and O–H groups in total. The minimum Gasteiger partial charge on any atom is -0.462 e. The number of esters is 4. The van der Waals surface area contributed by atoms with Gasteiger partial charge in [0.2, 0.25) is 0 Å². The number of aliphatic hydroxyl groups excluding tert-OH is 1. The Morgan fingerprint density at radius 2 is 0.400 bits per heavy atom. The highest BCUT2D eigenvalue weighted by atomic mass is 31.2. The van der Waals surface area contributed by atoms with Crippen molar-refractivity contribution in [2.24, 2.45) is 0 Å². The van der Waals surface area contributed by atoms with Gasteiger partial charge in [-0.15, -0.1) is 0 Å². The summed E-state index contributed by atoms with van der Waals surface area (Å²) in [5, 5.41) is 10.6. The number of aliphatic hydroxyl groups is 1. The van der Waals surface area contributed by atoms with Crippen molar-refractivity contribution in [1.29, 1.82) is 0 Å². The third-order valence-corrected chi connectivity index (χ3v) is 21.0. The van der Waals surface area contributed by atoms with Crippen molar-refractivity contribution in [2.45, 2.75) is 457 Å². The maximum absolute atomic E-state index is 13.1. The van der Waals surface area contributed by atoms with Gasteiger partial charge in [-0.05, 0) is 25.7 Å². The zero-order chi connectivity index (χ0) is 73.2. The first kappa shape index (κ1) is 98.1. The standard InChI is InChI=1S/C81H158O17P2/c1-5-9-13-17-21-25-27-29-31-33-35-37-39-41-43-45-47-51-54-58-62-66-79(84)92-72-77(98-81(86)68-64-60-56-52-48-46-44-42-40-38-36-34-32-30-28-26-22-18-14-10-6-2)74-96-100(89,90)94-70-75(82)69-93-99(87,88)95-73-76(97-80(85)67-63-59-55-50-24-20-16-12-8-4)71-91-78(83)65-61-57-53-49-23-19-15-11-7-3/h75-77,82H,5-74H2,1-4H3,(H,87,88)(H,89,90)/t75-,76+,77+/m0/s1. The molecule has 0 spiro atoms. The van der Waals surface area contributed by atoms with E-state index in [9.17, 15) is 43.2 Å². The predicted octanol–water partition coefficient (Wildman–Crippen LogP) is 24.6. The molecule has 0 bridgehead atoms. The lowest BCUT2D eigenvalue weighted by molar-refractivity contribution is -0.161. The van der Waals surface area contributed by atoms with Crippen molar-refractivity contribution in [3.05, 3.63) is 0 Å². The largest absolute Gasteiger partial charge is 0.472 e. The predicted molar refractivity (Wildman–Crippen MR) is 409 cm³/mol. The van der Waals surface area contributed by atoms with Gasteiger partial charge in [0.25, 0.3) is 0 Å². The Bertz CT molecular complexity index is 1890. The molecule has 0 aliphatic carbocycles. The molecule has 19 heteroatoms. The summed E-state index contributed by atoms with van der Waals surface area (Å²) in [6, 6.07) is 0.